The molecule has 0 aliphatic rings. The lowest BCUT2D eigenvalue weighted by atomic mass is 9.96. The number of benzene rings is 5. The number of hydrogen-bond acceptors (Lipinski definition) is 1. The highest BCUT2D eigenvalue weighted by molar-refractivity contribution is 6.09. The Balaban J connectivity index is 1.30. The van der Waals surface area contributed by atoms with Gasteiger partial charge in [0.25, 0.3) is 0 Å². The molecular weight excluding hydrogens is 457 g/mol. The second-order valence-electron chi connectivity index (χ2n) is 8.50. The summed E-state index contributed by atoms with van der Waals surface area (Å²) in [6, 6.07) is 37.9. The van der Waals surface area contributed by atoms with Crippen molar-refractivity contribution in [1.82, 2.24) is 0 Å². The molecule has 0 unspecified atom stereocenters. The van der Waals surface area contributed by atoms with Crippen molar-refractivity contribution < 1.29 is 18.0 Å². The van der Waals surface area contributed by atoms with Crippen LogP contribution in [0.3, 0.4) is 0 Å². The zero-order valence-electron chi connectivity index (χ0n) is 19.2. The van der Waals surface area contributed by atoms with Crippen LogP contribution in [0, 0.1) is 0 Å². The SMILES string of the molecule is O=C(c1ccccc1)c1ccc(-c2ccc(-c3ccc(-c4ccc(C(F)(F)F)cc4)cc3)cc2)cc1. The van der Waals surface area contributed by atoms with E-state index in [0.717, 1.165) is 45.5 Å². The maximum Gasteiger partial charge on any atom is 0.416 e. The summed E-state index contributed by atoms with van der Waals surface area (Å²) >= 11 is 0. The van der Waals surface area contributed by atoms with Gasteiger partial charge >= 0.3 is 6.18 Å². The number of hydrogen-bond donors (Lipinski definition) is 0. The van der Waals surface area contributed by atoms with Crippen LogP contribution in [0.15, 0.2) is 127 Å². The van der Waals surface area contributed by atoms with E-state index in [1.165, 1.54) is 12.1 Å². The van der Waals surface area contributed by atoms with Crippen molar-refractivity contribution in [2.75, 3.05) is 0 Å². The molecule has 5 aromatic carbocycles. The Morgan fingerprint density at radius 3 is 1.08 bits per heavy atom. The van der Waals surface area contributed by atoms with Crippen molar-refractivity contribution in [3.8, 4) is 33.4 Å². The lowest BCUT2D eigenvalue weighted by Gasteiger charge is -2.09. The van der Waals surface area contributed by atoms with Crippen LogP contribution in [0.25, 0.3) is 33.4 Å². The van der Waals surface area contributed by atoms with E-state index in [1.807, 2.05) is 103 Å². The number of carbonyl (C=O) groups is 1. The Labute approximate surface area is 207 Å². The highest BCUT2D eigenvalue weighted by atomic mass is 19.4. The first kappa shape index (κ1) is 23.3. The number of rotatable bonds is 5. The van der Waals surface area contributed by atoms with Gasteiger partial charge in [0.05, 0.1) is 5.56 Å². The van der Waals surface area contributed by atoms with Crippen molar-refractivity contribution >= 4 is 5.78 Å². The quantitative estimate of drug-likeness (QED) is 0.231. The van der Waals surface area contributed by atoms with Gasteiger partial charge in [-0.3, -0.25) is 4.79 Å². The van der Waals surface area contributed by atoms with Crippen LogP contribution in [0.1, 0.15) is 21.5 Å². The molecular formula is C32H21F3O. The number of halogens is 3. The smallest absolute Gasteiger partial charge is 0.289 e. The van der Waals surface area contributed by atoms with Crippen LogP contribution in [-0.2, 0) is 6.18 Å². The van der Waals surface area contributed by atoms with E-state index in [9.17, 15) is 18.0 Å². The fourth-order valence-electron chi connectivity index (χ4n) is 4.13. The standard InChI is InChI=1S/C32H21F3O/c33-32(34,35)30-20-18-27(19-21-30)25-12-10-23(11-13-25)22-6-8-24(9-7-22)26-14-16-29(17-15-26)31(36)28-4-2-1-3-5-28/h1-21H. The molecule has 4 heteroatoms. The summed E-state index contributed by atoms with van der Waals surface area (Å²) in [5.41, 5.74) is 6.36. The molecule has 0 aliphatic carbocycles. The molecule has 0 radical (unpaired) electrons. The minimum absolute atomic E-state index is 0.00256. The summed E-state index contributed by atoms with van der Waals surface area (Å²) in [4.78, 5) is 12.6. The lowest BCUT2D eigenvalue weighted by molar-refractivity contribution is -0.137. The third-order valence-electron chi connectivity index (χ3n) is 6.17. The van der Waals surface area contributed by atoms with Crippen LogP contribution >= 0.6 is 0 Å². The van der Waals surface area contributed by atoms with Crippen LogP contribution in [0.5, 0.6) is 0 Å². The average Bonchev–Trinajstić information content (AvgIpc) is 2.93. The summed E-state index contributed by atoms with van der Waals surface area (Å²) in [7, 11) is 0. The molecule has 176 valence electrons. The Morgan fingerprint density at radius 2 is 0.722 bits per heavy atom. The van der Waals surface area contributed by atoms with Gasteiger partial charge in [0.1, 0.15) is 0 Å². The molecule has 0 heterocycles. The van der Waals surface area contributed by atoms with Gasteiger partial charge in [-0.2, -0.15) is 13.2 Å². The van der Waals surface area contributed by atoms with Crippen LogP contribution in [0.2, 0.25) is 0 Å². The van der Waals surface area contributed by atoms with Gasteiger partial charge in [-0.25, -0.2) is 0 Å². The molecule has 5 rings (SSSR count). The fraction of sp³-hybridized carbons (Fsp3) is 0.0312. The lowest BCUT2D eigenvalue weighted by Crippen LogP contribution is -2.03. The van der Waals surface area contributed by atoms with Crippen molar-refractivity contribution in [3.63, 3.8) is 0 Å². The van der Waals surface area contributed by atoms with Crippen LogP contribution < -0.4 is 0 Å². The molecule has 0 saturated heterocycles. The summed E-state index contributed by atoms with van der Waals surface area (Å²) in [5.74, 6) is -0.00256. The van der Waals surface area contributed by atoms with E-state index < -0.39 is 11.7 Å². The molecule has 0 saturated carbocycles. The topological polar surface area (TPSA) is 17.1 Å². The molecule has 0 fully saturated rings. The minimum Gasteiger partial charge on any atom is -0.289 e. The Bertz CT molecular complexity index is 1470. The van der Waals surface area contributed by atoms with Crippen LogP contribution in [-0.4, -0.2) is 5.78 Å². The highest BCUT2D eigenvalue weighted by Crippen LogP contribution is 2.32. The first-order valence-electron chi connectivity index (χ1n) is 11.5. The molecule has 0 spiro atoms. The van der Waals surface area contributed by atoms with Gasteiger partial charge in [0.2, 0.25) is 0 Å². The summed E-state index contributed by atoms with van der Waals surface area (Å²) < 4.78 is 38.4. The van der Waals surface area contributed by atoms with E-state index >= 15 is 0 Å². The molecule has 0 aromatic heterocycles. The van der Waals surface area contributed by atoms with Gasteiger partial charge < -0.3 is 0 Å². The molecule has 0 bridgehead atoms. The minimum atomic E-state index is -4.34. The summed E-state index contributed by atoms with van der Waals surface area (Å²) in [5, 5.41) is 0. The van der Waals surface area contributed by atoms with Crippen molar-refractivity contribution in [3.05, 3.63) is 144 Å². The molecule has 0 amide bonds. The van der Waals surface area contributed by atoms with Gasteiger partial charge in [0.15, 0.2) is 5.78 Å². The largest absolute Gasteiger partial charge is 0.416 e. The third-order valence-corrected chi connectivity index (χ3v) is 6.17. The number of alkyl halides is 3. The molecule has 1 nitrogen and oxygen atoms in total. The van der Waals surface area contributed by atoms with E-state index in [1.54, 1.807) is 0 Å². The van der Waals surface area contributed by atoms with Gasteiger partial charge in [-0.15, -0.1) is 0 Å². The molecule has 5 aromatic rings. The molecule has 0 aliphatic heterocycles. The van der Waals surface area contributed by atoms with E-state index in [4.69, 9.17) is 0 Å². The molecule has 0 atom stereocenters. The average molecular weight is 479 g/mol. The molecule has 36 heavy (non-hydrogen) atoms. The monoisotopic (exact) mass is 478 g/mol. The van der Waals surface area contributed by atoms with E-state index in [-0.39, 0.29) is 5.78 Å². The molecule has 0 N–H and O–H groups in total. The van der Waals surface area contributed by atoms with Gasteiger partial charge in [-0.05, 0) is 45.5 Å². The maximum atomic E-state index is 12.8. The zero-order chi connectivity index (χ0) is 25.1. The second kappa shape index (κ2) is 9.67. The summed E-state index contributed by atoms with van der Waals surface area (Å²) in [6.45, 7) is 0. The number of carbonyl (C=O) groups excluding carboxylic acids is 1. The Hall–Kier alpha value is -4.44. The predicted molar refractivity (Wildman–Crippen MR) is 138 cm³/mol. The van der Waals surface area contributed by atoms with Crippen molar-refractivity contribution in [2.24, 2.45) is 0 Å². The fourth-order valence-corrected chi connectivity index (χ4v) is 4.13. The van der Waals surface area contributed by atoms with Crippen molar-refractivity contribution in [1.29, 1.82) is 0 Å². The number of ketones is 1. The van der Waals surface area contributed by atoms with Gasteiger partial charge in [0, 0.05) is 11.1 Å². The zero-order valence-corrected chi connectivity index (χ0v) is 19.2. The normalized spacial score (nSPS) is 11.3. The highest BCUT2D eigenvalue weighted by Gasteiger charge is 2.29. The second-order valence-corrected chi connectivity index (χ2v) is 8.50. The predicted octanol–water partition coefficient (Wildman–Crippen LogP) is 8.94. The van der Waals surface area contributed by atoms with E-state index in [2.05, 4.69) is 0 Å². The van der Waals surface area contributed by atoms with Gasteiger partial charge in [-0.1, -0.05) is 115 Å². The summed E-state index contributed by atoms with van der Waals surface area (Å²) in [6.07, 6.45) is -4.34. The Kier molecular flexibility index (Phi) is 6.26. The first-order chi connectivity index (χ1) is 17.4. The van der Waals surface area contributed by atoms with Crippen molar-refractivity contribution in [2.45, 2.75) is 6.18 Å². The Morgan fingerprint density at radius 1 is 0.417 bits per heavy atom. The third kappa shape index (κ3) is 4.98. The first-order valence-corrected chi connectivity index (χ1v) is 11.5. The maximum absolute atomic E-state index is 12.8. The van der Waals surface area contributed by atoms with Crippen LogP contribution in [0.4, 0.5) is 13.2 Å². The van der Waals surface area contributed by atoms with E-state index in [0.29, 0.717) is 11.1 Å².